The molecule has 7 heteroatoms. The molecule has 2 aromatic heterocycles. The zero-order valence-corrected chi connectivity index (χ0v) is 12.7. The molecule has 0 saturated heterocycles. The van der Waals surface area contributed by atoms with Gasteiger partial charge in [-0.1, -0.05) is 30.3 Å². The highest BCUT2D eigenvalue weighted by atomic mass is 19.1. The number of benzene rings is 1. The lowest BCUT2D eigenvalue weighted by atomic mass is 10.1. The Bertz CT molecular complexity index is 941. The molecule has 0 spiro atoms. The standard InChI is InChI=1S/C17H14FN5O/c18-14-15(11-4-2-1-3-5-11)20-10-21-16(14)23-7-6-13-12(8-23)17(24)22-9-19-13/h1-5,9-10H,6-8H2,(H,19,22,24). The Morgan fingerprint density at radius 3 is 2.79 bits per heavy atom. The monoisotopic (exact) mass is 323 g/mol. The summed E-state index contributed by atoms with van der Waals surface area (Å²) in [6.07, 6.45) is 3.32. The summed E-state index contributed by atoms with van der Waals surface area (Å²) in [5.74, 6) is -0.273. The molecule has 4 rings (SSSR count). The summed E-state index contributed by atoms with van der Waals surface area (Å²) in [6.45, 7) is 0.826. The molecule has 1 aromatic carbocycles. The minimum Gasteiger partial charge on any atom is -0.349 e. The van der Waals surface area contributed by atoms with Gasteiger partial charge in [0.2, 0.25) is 0 Å². The predicted molar refractivity (Wildman–Crippen MR) is 87.0 cm³/mol. The van der Waals surface area contributed by atoms with Crippen LogP contribution in [0.2, 0.25) is 0 Å². The lowest BCUT2D eigenvalue weighted by Gasteiger charge is -2.28. The van der Waals surface area contributed by atoms with Crippen molar-refractivity contribution in [3.8, 4) is 11.3 Å². The van der Waals surface area contributed by atoms with Crippen LogP contribution in [0.1, 0.15) is 11.3 Å². The molecule has 0 fully saturated rings. The molecule has 3 aromatic rings. The van der Waals surface area contributed by atoms with Crippen molar-refractivity contribution >= 4 is 5.82 Å². The Kier molecular flexibility index (Phi) is 3.53. The predicted octanol–water partition coefficient (Wildman–Crippen LogP) is 1.93. The third-order valence-electron chi connectivity index (χ3n) is 4.12. The molecular formula is C17H14FN5O. The fourth-order valence-electron chi connectivity index (χ4n) is 2.91. The van der Waals surface area contributed by atoms with Gasteiger partial charge in [0, 0.05) is 18.5 Å². The largest absolute Gasteiger partial charge is 0.349 e. The first kappa shape index (κ1) is 14.5. The van der Waals surface area contributed by atoms with Crippen molar-refractivity contribution in [1.82, 2.24) is 19.9 Å². The quantitative estimate of drug-likeness (QED) is 0.780. The smallest absolute Gasteiger partial charge is 0.255 e. The highest BCUT2D eigenvalue weighted by Gasteiger charge is 2.24. The van der Waals surface area contributed by atoms with Crippen molar-refractivity contribution in [2.45, 2.75) is 13.0 Å². The number of aromatic amines is 1. The van der Waals surface area contributed by atoms with E-state index in [2.05, 4.69) is 19.9 Å². The van der Waals surface area contributed by atoms with Gasteiger partial charge >= 0.3 is 0 Å². The molecule has 24 heavy (non-hydrogen) atoms. The van der Waals surface area contributed by atoms with Gasteiger partial charge in [0.1, 0.15) is 12.0 Å². The molecular weight excluding hydrogens is 309 g/mol. The summed E-state index contributed by atoms with van der Waals surface area (Å²) in [4.78, 5) is 28.6. The molecule has 0 saturated carbocycles. The molecule has 120 valence electrons. The first-order valence-corrected chi connectivity index (χ1v) is 7.60. The molecule has 6 nitrogen and oxygen atoms in total. The van der Waals surface area contributed by atoms with E-state index in [4.69, 9.17) is 0 Å². The van der Waals surface area contributed by atoms with E-state index < -0.39 is 5.82 Å². The minimum atomic E-state index is -0.479. The van der Waals surface area contributed by atoms with Gasteiger partial charge in [-0.15, -0.1) is 0 Å². The first-order chi connectivity index (χ1) is 11.7. The number of hydrogen-bond donors (Lipinski definition) is 1. The molecule has 1 N–H and O–H groups in total. The number of fused-ring (bicyclic) bond motifs is 1. The topological polar surface area (TPSA) is 74.8 Å². The third kappa shape index (κ3) is 2.44. The second kappa shape index (κ2) is 5.84. The fourth-order valence-corrected chi connectivity index (χ4v) is 2.91. The number of nitrogens with zero attached hydrogens (tertiary/aromatic N) is 4. The minimum absolute atomic E-state index is 0.192. The Labute approximate surface area is 137 Å². The van der Waals surface area contributed by atoms with Crippen molar-refractivity contribution in [2.75, 3.05) is 11.4 Å². The van der Waals surface area contributed by atoms with E-state index in [0.717, 1.165) is 5.69 Å². The normalized spacial score (nSPS) is 13.6. The van der Waals surface area contributed by atoms with Crippen LogP contribution < -0.4 is 10.5 Å². The molecule has 3 heterocycles. The second-order valence-electron chi connectivity index (χ2n) is 5.55. The van der Waals surface area contributed by atoms with Crippen LogP contribution in [-0.2, 0) is 13.0 Å². The average Bonchev–Trinajstić information content (AvgIpc) is 2.63. The van der Waals surface area contributed by atoms with Crippen LogP contribution in [0.4, 0.5) is 10.2 Å². The summed E-state index contributed by atoms with van der Waals surface area (Å²) >= 11 is 0. The van der Waals surface area contributed by atoms with E-state index in [1.54, 1.807) is 17.0 Å². The SMILES string of the molecule is O=c1[nH]cnc2c1CN(c1ncnc(-c3ccccc3)c1F)CC2. The Morgan fingerprint density at radius 1 is 1.12 bits per heavy atom. The zero-order valence-electron chi connectivity index (χ0n) is 12.7. The van der Waals surface area contributed by atoms with Gasteiger partial charge in [-0.05, 0) is 0 Å². The summed E-state index contributed by atoms with van der Waals surface area (Å²) in [5, 5.41) is 0. The molecule has 0 bridgehead atoms. The van der Waals surface area contributed by atoms with E-state index in [9.17, 15) is 9.18 Å². The van der Waals surface area contributed by atoms with E-state index in [1.807, 2.05) is 18.2 Å². The van der Waals surface area contributed by atoms with Gasteiger partial charge in [-0.2, -0.15) is 0 Å². The average molecular weight is 323 g/mol. The summed E-state index contributed by atoms with van der Waals surface area (Å²) in [6, 6.07) is 9.13. The number of nitrogens with one attached hydrogen (secondary N) is 1. The van der Waals surface area contributed by atoms with E-state index in [0.29, 0.717) is 24.1 Å². The lowest BCUT2D eigenvalue weighted by Crippen LogP contribution is -2.36. The molecule has 0 radical (unpaired) electrons. The van der Waals surface area contributed by atoms with Crippen molar-refractivity contribution in [1.29, 1.82) is 0 Å². The zero-order chi connectivity index (χ0) is 16.5. The van der Waals surface area contributed by atoms with Crippen molar-refractivity contribution in [3.63, 3.8) is 0 Å². The molecule has 0 aliphatic carbocycles. The number of halogens is 1. The number of anilines is 1. The van der Waals surface area contributed by atoms with Crippen molar-refractivity contribution < 1.29 is 4.39 Å². The number of rotatable bonds is 2. The van der Waals surface area contributed by atoms with E-state index in [1.165, 1.54) is 12.7 Å². The van der Waals surface area contributed by atoms with Gasteiger partial charge < -0.3 is 9.88 Å². The third-order valence-corrected chi connectivity index (χ3v) is 4.12. The van der Waals surface area contributed by atoms with E-state index in [-0.39, 0.29) is 23.6 Å². The molecule has 1 aliphatic heterocycles. The molecule has 0 unspecified atom stereocenters. The Morgan fingerprint density at radius 2 is 1.96 bits per heavy atom. The van der Waals surface area contributed by atoms with Crippen molar-refractivity contribution in [2.24, 2.45) is 0 Å². The maximum atomic E-state index is 15.0. The van der Waals surface area contributed by atoms with Crippen LogP contribution in [0.25, 0.3) is 11.3 Å². The lowest BCUT2D eigenvalue weighted by molar-refractivity contribution is 0.594. The van der Waals surface area contributed by atoms with Crippen LogP contribution in [0.3, 0.4) is 0 Å². The van der Waals surface area contributed by atoms with Gasteiger partial charge in [-0.25, -0.2) is 19.3 Å². The summed E-state index contributed by atoms with van der Waals surface area (Å²) in [7, 11) is 0. The van der Waals surface area contributed by atoms with Crippen molar-refractivity contribution in [3.05, 3.63) is 70.4 Å². The van der Waals surface area contributed by atoms with Crippen LogP contribution in [0.15, 0.2) is 47.8 Å². The fraction of sp³-hybridized carbons (Fsp3) is 0.176. The van der Waals surface area contributed by atoms with Gasteiger partial charge in [0.15, 0.2) is 11.6 Å². The summed E-state index contributed by atoms with van der Waals surface area (Å²) in [5.41, 5.74) is 2.07. The highest BCUT2D eigenvalue weighted by Crippen LogP contribution is 2.28. The summed E-state index contributed by atoms with van der Waals surface area (Å²) < 4.78 is 15.0. The number of hydrogen-bond acceptors (Lipinski definition) is 5. The molecule has 0 atom stereocenters. The van der Waals surface area contributed by atoms with Gasteiger partial charge in [0.25, 0.3) is 5.56 Å². The Hall–Kier alpha value is -3.09. The van der Waals surface area contributed by atoms with Crippen LogP contribution in [0.5, 0.6) is 0 Å². The first-order valence-electron chi connectivity index (χ1n) is 7.60. The number of H-pyrrole nitrogens is 1. The molecule has 1 aliphatic rings. The maximum Gasteiger partial charge on any atom is 0.255 e. The second-order valence-corrected chi connectivity index (χ2v) is 5.55. The van der Waals surface area contributed by atoms with Gasteiger partial charge in [0.05, 0.1) is 24.1 Å². The van der Waals surface area contributed by atoms with Crippen LogP contribution >= 0.6 is 0 Å². The van der Waals surface area contributed by atoms with E-state index >= 15 is 0 Å². The number of aromatic nitrogens is 4. The van der Waals surface area contributed by atoms with Crippen LogP contribution in [-0.4, -0.2) is 26.5 Å². The van der Waals surface area contributed by atoms with Crippen LogP contribution in [0, 0.1) is 5.82 Å². The molecule has 0 amide bonds. The van der Waals surface area contributed by atoms with Gasteiger partial charge in [-0.3, -0.25) is 4.79 Å². The maximum absolute atomic E-state index is 15.0. The highest BCUT2D eigenvalue weighted by molar-refractivity contribution is 5.63. The Balaban J connectivity index is 1.74.